The zero-order valence-corrected chi connectivity index (χ0v) is 19.0. The van der Waals surface area contributed by atoms with Gasteiger partial charge in [0.2, 0.25) is 0 Å². The lowest BCUT2D eigenvalue weighted by Crippen LogP contribution is -2.11. The Morgan fingerprint density at radius 1 is 1.10 bits per heavy atom. The molecule has 0 spiro atoms. The van der Waals surface area contributed by atoms with Crippen LogP contribution in [0, 0.1) is 13.8 Å². The van der Waals surface area contributed by atoms with Gasteiger partial charge in [-0.3, -0.25) is 10.1 Å². The molecular weight excluding hydrogens is 430 g/mol. The highest BCUT2D eigenvalue weighted by Gasteiger charge is 2.18. The van der Waals surface area contributed by atoms with E-state index in [0.717, 1.165) is 33.3 Å². The number of nitrogens with one attached hydrogen (secondary N) is 1. The highest BCUT2D eigenvalue weighted by atomic mass is 32.1. The van der Waals surface area contributed by atoms with Crippen molar-refractivity contribution in [2.75, 3.05) is 12.4 Å². The lowest BCUT2D eigenvalue weighted by atomic mass is 10.1. The second kappa shape index (κ2) is 9.28. The molecule has 1 amide bonds. The molecule has 2 aromatic carbocycles. The largest absolute Gasteiger partial charge is 0.496 e. The second-order valence-corrected chi connectivity index (χ2v) is 8.76. The van der Waals surface area contributed by atoms with Gasteiger partial charge in [0.1, 0.15) is 28.0 Å². The van der Waals surface area contributed by atoms with E-state index in [0.29, 0.717) is 22.3 Å². The SMILES string of the molecule is COc1ccccc1-c1csc(NC(=O)c2sc(COc3cccc(C)c3)nc2C)n1. The maximum atomic E-state index is 12.8. The zero-order valence-electron chi connectivity index (χ0n) is 17.3. The van der Waals surface area contributed by atoms with Gasteiger partial charge in [-0.15, -0.1) is 22.7 Å². The molecule has 0 atom stereocenters. The molecule has 0 unspecified atom stereocenters. The molecule has 6 nitrogen and oxygen atoms in total. The van der Waals surface area contributed by atoms with E-state index in [1.807, 2.05) is 67.8 Å². The number of ether oxygens (including phenoxy) is 2. The summed E-state index contributed by atoms with van der Waals surface area (Å²) in [5, 5.41) is 6.05. The summed E-state index contributed by atoms with van der Waals surface area (Å²) in [5.74, 6) is 1.30. The Hall–Kier alpha value is -3.23. The molecule has 0 saturated carbocycles. The summed E-state index contributed by atoms with van der Waals surface area (Å²) in [6.45, 7) is 4.15. The van der Waals surface area contributed by atoms with E-state index >= 15 is 0 Å². The van der Waals surface area contributed by atoms with Crippen LogP contribution < -0.4 is 14.8 Å². The molecule has 0 radical (unpaired) electrons. The minimum absolute atomic E-state index is 0.224. The van der Waals surface area contributed by atoms with Gasteiger partial charge in [-0.2, -0.15) is 0 Å². The topological polar surface area (TPSA) is 73.3 Å². The van der Waals surface area contributed by atoms with Gasteiger partial charge in [-0.25, -0.2) is 9.97 Å². The van der Waals surface area contributed by atoms with Crippen LogP contribution in [0.3, 0.4) is 0 Å². The molecule has 31 heavy (non-hydrogen) atoms. The number of methoxy groups -OCH3 is 1. The predicted molar refractivity (Wildman–Crippen MR) is 124 cm³/mol. The van der Waals surface area contributed by atoms with E-state index in [9.17, 15) is 4.79 Å². The monoisotopic (exact) mass is 451 g/mol. The smallest absolute Gasteiger partial charge is 0.269 e. The van der Waals surface area contributed by atoms with Crippen molar-refractivity contribution in [1.29, 1.82) is 0 Å². The minimum Gasteiger partial charge on any atom is -0.496 e. The van der Waals surface area contributed by atoms with Crippen molar-refractivity contribution in [3.05, 3.63) is 75.1 Å². The van der Waals surface area contributed by atoms with Crippen molar-refractivity contribution < 1.29 is 14.3 Å². The van der Waals surface area contributed by atoms with Crippen molar-refractivity contribution in [2.24, 2.45) is 0 Å². The number of carbonyl (C=O) groups excluding carboxylic acids is 1. The second-order valence-electron chi connectivity index (χ2n) is 6.82. The molecule has 8 heteroatoms. The number of benzene rings is 2. The Bertz CT molecular complexity index is 1220. The van der Waals surface area contributed by atoms with Crippen LogP contribution in [0.2, 0.25) is 0 Å². The van der Waals surface area contributed by atoms with Gasteiger partial charge in [0.25, 0.3) is 5.91 Å². The van der Waals surface area contributed by atoms with Gasteiger partial charge in [0.05, 0.1) is 18.5 Å². The van der Waals surface area contributed by atoms with Crippen LogP contribution in [0.5, 0.6) is 11.5 Å². The van der Waals surface area contributed by atoms with Gasteiger partial charge in [-0.1, -0.05) is 24.3 Å². The summed E-state index contributed by atoms with van der Waals surface area (Å²) in [4.78, 5) is 22.4. The summed E-state index contributed by atoms with van der Waals surface area (Å²) in [5.41, 5.74) is 3.44. The van der Waals surface area contributed by atoms with Crippen molar-refractivity contribution in [3.63, 3.8) is 0 Å². The van der Waals surface area contributed by atoms with Crippen molar-refractivity contribution in [3.8, 4) is 22.8 Å². The van der Waals surface area contributed by atoms with Gasteiger partial charge in [0, 0.05) is 10.9 Å². The normalized spacial score (nSPS) is 10.7. The number of thiazole rings is 2. The number of nitrogens with zero attached hydrogens (tertiary/aromatic N) is 2. The van der Waals surface area contributed by atoms with Crippen LogP contribution in [-0.4, -0.2) is 23.0 Å². The summed E-state index contributed by atoms with van der Waals surface area (Å²) < 4.78 is 11.2. The van der Waals surface area contributed by atoms with Gasteiger partial charge < -0.3 is 9.47 Å². The van der Waals surface area contributed by atoms with Crippen molar-refractivity contribution in [1.82, 2.24) is 9.97 Å². The van der Waals surface area contributed by atoms with E-state index in [1.54, 1.807) is 7.11 Å². The zero-order chi connectivity index (χ0) is 21.8. The first kappa shape index (κ1) is 21.0. The highest BCUT2D eigenvalue weighted by molar-refractivity contribution is 7.15. The van der Waals surface area contributed by atoms with Gasteiger partial charge in [-0.05, 0) is 43.7 Å². The van der Waals surface area contributed by atoms with Crippen LogP contribution in [0.1, 0.15) is 25.9 Å². The van der Waals surface area contributed by atoms with E-state index < -0.39 is 0 Å². The molecule has 4 rings (SSSR count). The maximum absolute atomic E-state index is 12.8. The molecular formula is C23H21N3O3S2. The summed E-state index contributed by atoms with van der Waals surface area (Å²) in [6.07, 6.45) is 0. The molecule has 0 aliphatic carbocycles. The van der Waals surface area contributed by atoms with Crippen LogP contribution in [0.15, 0.2) is 53.9 Å². The van der Waals surface area contributed by atoms with Crippen LogP contribution in [0.25, 0.3) is 11.3 Å². The lowest BCUT2D eigenvalue weighted by molar-refractivity contribution is 0.103. The number of aromatic nitrogens is 2. The van der Waals surface area contributed by atoms with E-state index in [2.05, 4.69) is 15.3 Å². The number of rotatable bonds is 7. The predicted octanol–water partition coefficient (Wildman–Crippen LogP) is 5.72. The highest BCUT2D eigenvalue weighted by Crippen LogP contribution is 2.32. The fraction of sp³-hybridized carbons (Fsp3) is 0.174. The van der Waals surface area contributed by atoms with Crippen molar-refractivity contribution >= 4 is 33.7 Å². The first-order chi connectivity index (χ1) is 15.0. The lowest BCUT2D eigenvalue weighted by Gasteiger charge is -2.05. The van der Waals surface area contributed by atoms with E-state index in [1.165, 1.54) is 22.7 Å². The average molecular weight is 452 g/mol. The molecule has 2 aromatic heterocycles. The number of carbonyl (C=O) groups is 1. The third-order valence-corrected chi connectivity index (χ3v) is 6.39. The number of amides is 1. The fourth-order valence-corrected chi connectivity index (χ4v) is 4.62. The average Bonchev–Trinajstić information content (AvgIpc) is 3.38. The molecule has 0 aliphatic heterocycles. The number of aryl methyl sites for hydroxylation is 2. The Kier molecular flexibility index (Phi) is 6.29. The van der Waals surface area contributed by atoms with Crippen LogP contribution in [-0.2, 0) is 6.61 Å². The summed E-state index contributed by atoms with van der Waals surface area (Å²) in [7, 11) is 1.63. The molecule has 0 aliphatic rings. The standard InChI is InChI=1S/C23H21N3O3S2/c1-14-7-6-8-16(11-14)29-12-20-24-15(2)21(31-20)22(27)26-23-25-18(13-30-23)17-9-4-5-10-19(17)28-3/h4-11,13H,12H2,1-3H3,(H,25,26,27). The number of hydrogen-bond acceptors (Lipinski definition) is 7. The molecule has 1 N–H and O–H groups in total. The molecule has 2 heterocycles. The molecule has 0 fully saturated rings. The number of hydrogen-bond donors (Lipinski definition) is 1. The molecule has 0 saturated heterocycles. The Morgan fingerprint density at radius 3 is 2.74 bits per heavy atom. The third kappa shape index (κ3) is 4.92. The van der Waals surface area contributed by atoms with E-state index in [-0.39, 0.29) is 5.91 Å². The first-order valence-electron chi connectivity index (χ1n) is 9.59. The maximum Gasteiger partial charge on any atom is 0.269 e. The fourth-order valence-electron chi connectivity index (χ4n) is 3.04. The summed E-state index contributed by atoms with van der Waals surface area (Å²) >= 11 is 2.70. The number of para-hydroxylation sites is 1. The Morgan fingerprint density at radius 2 is 1.94 bits per heavy atom. The number of anilines is 1. The van der Waals surface area contributed by atoms with Crippen LogP contribution >= 0.6 is 22.7 Å². The minimum atomic E-state index is -0.224. The third-order valence-electron chi connectivity index (χ3n) is 4.51. The molecule has 158 valence electrons. The van der Waals surface area contributed by atoms with E-state index in [4.69, 9.17) is 9.47 Å². The van der Waals surface area contributed by atoms with Crippen LogP contribution in [0.4, 0.5) is 5.13 Å². The Labute approximate surface area is 188 Å². The quantitative estimate of drug-likeness (QED) is 0.389. The molecule has 0 bridgehead atoms. The first-order valence-corrected chi connectivity index (χ1v) is 11.3. The van der Waals surface area contributed by atoms with Crippen molar-refractivity contribution in [2.45, 2.75) is 20.5 Å². The summed E-state index contributed by atoms with van der Waals surface area (Å²) in [6, 6.07) is 15.5. The Balaban J connectivity index is 1.44. The van der Waals surface area contributed by atoms with Gasteiger partial charge in [0.15, 0.2) is 5.13 Å². The molecule has 4 aromatic rings. The van der Waals surface area contributed by atoms with Gasteiger partial charge >= 0.3 is 0 Å².